The molecular weight excluding hydrogens is 375 g/mol. The summed E-state index contributed by atoms with van der Waals surface area (Å²) in [5, 5.41) is 5.60. The Labute approximate surface area is 161 Å². The summed E-state index contributed by atoms with van der Waals surface area (Å²) in [6.07, 6.45) is 3.79. The zero-order valence-electron chi connectivity index (χ0n) is 14.2. The van der Waals surface area contributed by atoms with Gasteiger partial charge in [-0.1, -0.05) is 35.3 Å². The van der Waals surface area contributed by atoms with Crippen LogP contribution < -0.4 is 5.32 Å². The fourth-order valence-corrected chi connectivity index (χ4v) is 4.62. The van der Waals surface area contributed by atoms with Crippen molar-refractivity contribution < 1.29 is 4.74 Å². The molecule has 2 aromatic heterocycles. The van der Waals surface area contributed by atoms with Crippen LogP contribution in [0.1, 0.15) is 18.2 Å². The normalized spacial score (nSPS) is 11.2. The highest BCUT2D eigenvalue weighted by atomic mass is 35.5. The molecule has 0 aliphatic rings. The Morgan fingerprint density at radius 3 is 2.84 bits per heavy atom. The van der Waals surface area contributed by atoms with Gasteiger partial charge in [0.1, 0.15) is 0 Å². The number of aromatic nitrogens is 1. The van der Waals surface area contributed by atoms with E-state index in [0.29, 0.717) is 10.0 Å². The lowest BCUT2D eigenvalue weighted by Crippen LogP contribution is -1.97. The highest BCUT2D eigenvalue weighted by Gasteiger charge is 2.17. The molecule has 1 N–H and O–H groups in total. The van der Waals surface area contributed by atoms with E-state index in [1.54, 1.807) is 17.4 Å². The van der Waals surface area contributed by atoms with Gasteiger partial charge in [-0.15, -0.1) is 11.3 Å². The number of ether oxygens (including phenoxy) is 1. The zero-order valence-corrected chi connectivity index (χ0v) is 16.6. The fourth-order valence-electron chi connectivity index (χ4n) is 2.88. The van der Waals surface area contributed by atoms with Crippen molar-refractivity contribution in [3.05, 3.63) is 45.4 Å². The summed E-state index contributed by atoms with van der Waals surface area (Å²) in [4.78, 5) is 5.90. The Morgan fingerprint density at radius 2 is 2.08 bits per heavy atom. The molecule has 0 spiro atoms. The predicted molar refractivity (Wildman–Crippen MR) is 109 cm³/mol. The molecule has 0 bridgehead atoms. The van der Waals surface area contributed by atoms with Crippen LogP contribution in [0, 0.1) is 0 Å². The third-order valence-corrected chi connectivity index (χ3v) is 6.12. The summed E-state index contributed by atoms with van der Waals surface area (Å²) in [6.45, 7) is 3.55. The summed E-state index contributed by atoms with van der Waals surface area (Å²) in [7, 11) is 1.96. The van der Waals surface area contributed by atoms with Crippen LogP contribution >= 0.6 is 34.5 Å². The first-order valence-corrected chi connectivity index (χ1v) is 9.84. The van der Waals surface area contributed by atoms with Crippen LogP contribution in [0.25, 0.3) is 21.3 Å². The maximum Gasteiger partial charge on any atom is 0.0896 e. The number of thiophene rings is 1. The van der Waals surface area contributed by atoms with Gasteiger partial charge in [-0.05, 0) is 31.9 Å². The molecule has 0 saturated heterocycles. The standard InChI is InChI=1S/C19H20Cl2N2OS/c1-3-24-11-5-8-15-17(22-2)13-9-10-23-18(19(13)25-15)12-6-4-7-14(20)16(12)21/h4,6-7,9-10,22H,3,5,8,11H2,1-2H3. The monoisotopic (exact) mass is 394 g/mol. The molecule has 132 valence electrons. The second kappa shape index (κ2) is 8.37. The van der Waals surface area contributed by atoms with Gasteiger partial charge in [-0.2, -0.15) is 0 Å². The number of fused-ring (bicyclic) bond motifs is 1. The molecule has 0 amide bonds. The Balaban J connectivity index is 2.06. The van der Waals surface area contributed by atoms with Gasteiger partial charge in [-0.25, -0.2) is 0 Å². The van der Waals surface area contributed by atoms with Gasteiger partial charge in [-0.3, -0.25) is 4.98 Å². The molecule has 3 aromatic rings. The maximum absolute atomic E-state index is 6.43. The summed E-state index contributed by atoms with van der Waals surface area (Å²) < 4.78 is 6.59. The Kier molecular flexibility index (Phi) is 6.18. The molecule has 0 saturated carbocycles. The highest BCUT2D eigenvalue weighted by molar-refractivity contribution is 7.20. The quantitative estimate of drug-likeness (QED) is 0.478. The van der Waals surface area contributed by atoms with E-state index < -0.39 is 0 Å². The van der Waals surface area contributed by atoms with Gasteiger partial charge in [0, 0.05) is 42.3 Å². The lowest BCUT2D eigenvalue weighted by Gasteiger charge is -2.06. The molecule has 0 unspecified atom stereocenters. The number of rotatable bonds is 7. The molecule has 0 atom stereocenters. The number of nitrogens with one attached hydrogen (secondary N) is 1. The average molecular weight is 395 g/mol. The van der Waals surface area contributed by atoms with Crippen molar-refractivity contribution in [2.75, 3.05) is 25.6 Å². The van der Waals surface area contributed by atoms with Crippen molar-refractivity contribution in [1.29, 1.82) is 0 Å². The van der Waals surface area contributed by atoms with E-state index in [9.17, 15) is 0 Å². The highest BCUT2D eigenvalue weighted by Crippen LogP contribution is 2.43. The average Bonchev–Trinajstić information content (AvgIpc) is 2.98. The van der Waals surface area contributed by atoms with Gasteiger partial charge in [0.25, 0.3) is 0 Å². The molecule has 0 fully saturated rings. The van der Waals surface area contributed by atoms with Crippen LogP contribution in [0.4, 0.5) is 5.69 Å². The summed E-state index contributed by atoms with van der Waals surface area (Å²) in [6, 6.07) is 7.70. The van der Waals surface area contributed by atoms with Crippen LogP contribution in [0.15, 0.2) is 30.5 Å². The van der Waals surface area contributed by atoms with E-state index >= 15 is 0 Å². The maximum atomic E-state index is 6.43. The van der Waals surface area contributed by atoms with E-state index in [1.165, 1.54) is 16.0 Å². The lowest BCUT2D eigenvalue weighted by molar-refractivity contribution is 0.145. The smallest absolute Gasteiger partial charge is 0.0896 e. The van der Waals surface area contributed by atoms with Crippen LogP contribution in [0.2, 0.25) is 10.0 Å². The molecule has 3 rings (SSSR count). The van der Waals surface area contributed by atoms with E-state index in [-0.39, 0.29) is 0 Å². The number of benzene rings is 1. The molecule has 1 aromatic carbocycles. The van der Waals surface area contributed by atoms with Crippen molar-refractivity contribution >= 4 is 50.3 Å². The molecule has 3 nitrogen and oxygen atoms in total. The largest absolute Gasteiger partial charge is 0.387 e. The summed E-state index contributed by atoms with van der Waals surface area (Å²) in [5.41, 5.74) is 2.91. The second-order valence-corrected chi connectivity index (χ2v) is 7.48. The number of pyridine rings is 1. The number of nitrogens with zero attached hydrogens (tertiary/aromatic N) is 1. The molecular formula is C19H20Cl2N2OS. The van der Waals surface area contributed by atoms with Crippen LogP contribution in [0.3, 0.4) is 0 Å². The second-order valence-electron chi connectivity index (χ2n) is 5.59. The lowest BCUT2D eigenvalue weighted by atomic mass is 10.1. The number of hydrogen-bond acceptors (Lipinski definition) is 4. The first-order valence-electron chi connectivity index (χ1n) is 8.27. The number of aryl methyl sites for hydroxylation is 1. The van der Waals surface area contributed by atoms with E-state index in [4.69, 9.17) is 27.9 Å². The van der Waals surface area contributed by atoms with Gasteiger partial charge < -0.3 is 10.1 Å². The zero-order chi connectivity index (χ0) is 17.8. The molecule has 25 heavy (non-hydrogen) atoms. The number of halogens is 2. The topological polar surface area (TPSA) is 34.1 Å². The van der Waals surface area contributed by atoms with Crippen LogP contribution in [-0.4, -0.2) is 25.2 Å². The first-order chi connectivity index (χ1) is 12.2. The summed E-state index contributed by atoms with van der Waals surface area (Å²) >= 11 is 14.4. The van der Waals surface area contributed by atoms with E-state index in [0.717, 1.165) is 42.0 Å². The van der Waals surface area contributed by atoms with E-state index in [1.807, 2.05) is 38.4 Å². The molecule has 2 heterocycles. The van der Waals surface area contributed by atoms with Crippen molar-refractivity contribution in [1.82, 2.24) is 4.98 Å². The first kappa shape index (κ1) is 18.5. The van der Waals surface area contributed by atoms with Gasteiger partial charge >= 0.3 is 0 Å². The third kappa shape index (κ3) is 3.77. The fraction of sp³-hybridized carbons (Fsp3) is 0.316. The van der Waals surface area contributed by atoms with Gasteiger partial charge in [0.15, 0.2) is 0 Å². The Hall–Kier alpha value is -1.33. The molecule has 0 aliphatic carbocycles. The minimum Gasteiger partial charge on any atom is -0.387 e. The minimum atomic E-state index is 0.542. The minimum absolute atomic E-state index is 0.542. The van der Waals surface area contributed by atoms with Gasteiger partial charge in [0.2, 0.25) is 0 Å². The van der Waals surface area contributed by atoms with Crippen LogP contribution in [-0.2, 0) is 11.2 Å². The Morgan fingerprint density at radius 1 is 1.24 bits per heavy atom. The Bertz CT molecular complexity index is 879. The summed E-state index contributed by atoms with van der Waals surface area (Å²) in [5.74, 6) is 0. The van der Waals surface area contributed by atoms with Gasteiger partial charge in [0.05, 0.1) is 26.1 Å². The molecule has 0 aliphatic heterocycles. The SMILES string of the molecule is CCOCCCc1sc2c(-c3cccc(Cl)c3Cl)nccc2c1NC. The predicted octanol–water partition coefficient (Wildman–Crippen LogP) is 6.28. The van der Waals surface area contributed by atoms with Crippen molar-refractivity contribution in [2.24, 2.45) is 0 Å². The van der Waals surface area contributed by atoms with Crippen molar-refractivity contribution in [3.8, 4) is 11.3 Å². The molecule has 6 heteroatoms. The number of hydrogen-bond donors (Lipinski definition) is 1. The molecule has 0 radical (unpaired) electrons. The third-order valence-electron chi connectivity index (χ3n) is 4.03. The van der Waals surface area contributed by atoms with E-state index in [2.05, 4.69) is 10.3 Å². The van der Waals surface area contributed by atoms with Crippen molar-refractivity contribution in [3.63, 3.8) is 0 Å². The van der Waals surface area contributed by atoms with Crippen molar-refractivity contribution in [2.45, 2.75) is 19.8 Å². The van der Waals surface area contributed by atoms with Crippen LogP contribution in [0.5, 0.6) is 0 Å². The number of anilines is 1.